The maximum atomic E-state index is 11.2. The molecule has 0 aliphatic carbocycles. The van der Waals surface area contributed by atoms with Crippen molar-refractivity contribution in [2.24, 2.45) is 0 Å². The summed E-state index contributed by atoms with van der Waals surface area (Å²) in [6, 6.07) is 0. The van der Waals surface area contributed by atoms with E-state index in [1.165, 1.54) is 0 Å². The van der Waals surface area contributed by atoms with Crippen molar-refractivity contribution in [2.45, 2.75) is 40.3 Å². The molecule has 15 heavy (non-hydrogen) atoms. The number of carbonyl (C=O) groups is 1. The third-order valence-corrected chi connectivity index (χ3v) is 3.03. The number of allylic oxidation sites excluding steroid dienone is 1. The standard InChI is InChI=1S/C11H20N2O2/c1-5-9-10(11(14)15)13(7-3)8(4)12(9)6-2/h8H,5-7H2,1-4H3,(H,14,15). The zero-order chi connectivity index (χ0) is 11.6. The van der Waals surface area contributed by atoms with Gasteiger partial charge in [0.15, 0.2) is 0 Å². The molecule has 0 amide bonds. The number of likely N-dealkylation sites (N-methyl/N-ethyl adjacent to an activating group) is 1. The Morgan fingerprint density at radius 1 is 1.27 bits per heavy atom. The quantitative estimate of drug-likeness (QED) is 0.770. The zero-order valence-electron chi connectivity index (χ0n) is 9.95. The molecule has 86 valence electrons. The lowest BCUT2D eigenvalue weighted by atomic mass is 10.2. The van der Waals surface area contributed by atoms with Crippen LogP contribution in [0.3, 0.4) is 0 Å². The number of carboxylic acid groups (broad SMARTS) is 1. The van der Waals surface area contributed by atoms with Gasteiger partial charge in [0.1, 0.15) is 5.70 Å². The molecule has 1 atom stereocenters. The molecule has 1 heterocycles. The predicted molar refractivity (Wildman–Crippen MR) is 59.2 cm³/mol. The fraction of sp³-hybridized carbons (Fsp3) is 0.727. The third kappa shape index (κ3) is 1.80. The van der Waals surface area contributed by atoms with Gasteiger partial charge in [0, 0.05) is 18.8 Å². The minimum atomic E-state index is -0.809. The van der Waals surface area contributed by atoms with Crippen LogP contribution in [0.15, 0.2) is 11.4 Å². The molecule has 0 aromatic carbocycles. The van der Waals surface area contributed by atoms with Crippen LogP contribution < -0.4 is 0 Å². The molecule has 0 bridgehead atoms. The van der Waals surface area contributed by atoms with Gasteiger partial charge in [-0.3, -0.25) is 0 Å². The minimum absolute atomic E-state index is 0.168. The van der Waals surface area contributed by atoms with Gasteiger partial charge >= 0.3 is 5.97 Å². The molecular formula is C11H20N2O2. The third-order valence-electron chi connectivity index (χ3n) is 3.03. The van der Waals surface area contributed by atoms with E-state index in [-0.39, 0.29) is 6.17 Å². The fourth-order valence-corrected chi connectivity index (χ4v) is 2.38. The van der Waals surface area contributed by atoms with Gasteiger partial charge in [-0.2, -0.15) is 0 Å². The van der Waals surface area contributed by atoms with Crippen LogP contribution >= 0.6 is 0 Å². The summed E-state index contributed by atoms with van der Waals surface area (Å²) < 4.78 is 0. The number of hydrogen-bond acceptors (Lipinski definition) is 3. The highest BCUT2D eigenvalue weighted by Crippen LogP contribution is 2.30. The Morgan fingerprint density at radius 2 is 1.80 bits per heavy atom. The average molecular weight is 212 g/mol. The lowest BCUT2D eigenvalue weighted by Crippen LogP contribution is -2.38. The first kappa shape index (κ1) is 11.9. The molecular weight excluding hydrogens is 192 g/mol. The van der Waals surface area contributed by atoms with E-state index in [1.54, 1.807) is 0 Å². The highest BCUT2D eigenvalue weighted by molar-refractivity contribution is 5.87. The van der Waals surface area contributed by atoms with Crippen LogP contribution in [0.2, 0.25) is 0 Å². The van der Waals surface area contributed by atoms with Gasteiger partial charge in [0.2, 0.25) is 0 Å². The summed E-state index contributed by atoms with van der Waals surface area (Å²) in [6.45, 7) is 9.71. The van der Waals surface area contributed by atoms with Crippen LogP contribution in [-0.2, 0) is 4.79 Å². The van der Waals surface area contributed by atoms with E-state index in [9.17, 15) is 9.90 Å². The molecule has 1 unspecified atom stereocenters. The second-order valence-electron chi connectivity index (χ2n) is 3.66. The second kappa shape index (κ2) is 4.55. The highest BCUT2D eigenvalue weighted by Gasteiger charge is 2.35. The second-order valence-corrected chi connectivity index (χ2v) is 3.66. The molecule has 4 nitrogen and oxygen atoms in total. The van der Waals surface area contributed by atoms with Crippen molar-refractivity contribution >= 4 is 5.97 Å². The summed E-state index contributed by atoms with van der Waals surface area (Å²) >= 11 is 0. The van der Waals surface area contributed by atoms with Crippen molar-refractivity contribution < 1.29 is 9.90 Å². The zero-order valence-corrected chi connectivity index (χ0v) is 9.95. The average Bonchev–Trinajstić information content (AvgIpc) is 2.49. The van der Waals surface area contributed by atoms with Crippen molar-refractivity contribution in [3.63, 3.8) is 0 Å². The maximum Gasteiger partial charge on any atom is 0.354 e. The first-order valence-electron chi connectivity index (χ1n) is 5.58. The van der Waals surface area contributed by atoms with Gasteiger partial charge in [0.25, 0.3) is 0 Å². The van der Waals surface area contributed by atoms with Gasteiger partial charge in [-0.25, -0.2) is 4.79 Å². The van der Waals surface area contributed by atoms with Crippen molar-refractivity contribution in [3.8, 4) is 0 Å². The SMILES string of the molecule is CCC1=C(C(=O)O)N(CC)C(C)N1CC. The Labute approximate surface area is 91.2 Å². The lowest BCUT2D eigenvalue weighted by molar-refractivity contribution is -0.134. The van der Waals surface area contributed by atoms with Gasteiger partial charge in [-0.1, -0.05) is 6.92 Å². The van der Waals surface area contributed by atoms with Crippen LogP contribution in [0.25, 0.3) is 0 Å². The molecule has 0 aromatic heterocycles. The van der Waals surface area contributed by atoms with Crippen molar-refractivity contribution in [3.05, 3.63) is 11.4 Å². The number of carboxylic acids is 1. The highest BCUT2D eigenvalue weighted by atomic mass is 16.4. The number of aliphatic carboxylic acids is 1. The van der Waals surface area contributed by atoms with Crippen molar-refractivity contribution in [1.82, 2.24) is 9.80 Å². The Bertz CT molecular complexity index is 286. The molecule has 0 spiro atoms. The summed E-state index contributed by atoms with van der Waals surface area (Å²) in [5.41, 5.74) is 1.44. The molecule has 0 fully saturated rings. The molecule has 4 heteroatoms. The summed E-state index contributed by atoms with van der Waals surface area (Å²) in [5.74, 6) is -0.809. The van der Waals surface area contributed by atoms with Crippen LogP contribution in [0.5, 0.6) is 0 Å². The van der Waals surface area contributed by atoms with E-state index in [0.29, 0.717) is 5.70 Å². The van der Waals surface area contributed by atoms with Gasteiger partial charge in [-0.05, 0) is 27.2 Å². The summed E-state index contributed by atoms with van der Waals surface area (Å²) in [7, 11) is 0. The Morgan fingerprint density at radius 3 is 2.13 bits per heavy atom. The van der Waals surface area contributed by atoms with E-state index >= 15 is 0 Å². The molecule has 1 aliphatic heterocycles. The summed E-state index contributed by atoms with van der Waals surface area (Å²) in [6.07, 6.45) is 0.942. The van der Waals surface area contributed by atoms with Gasteiger partial charge < -0.3 is 14.9 Å². The van der Waals surface area contributed by atoms with E-state index in [4.69, 9.17) is 0 Å². The van der Waals surface area contributed by atoms with Gasteiger partial charge in [-0.15, -0.1) is 0 Å². The Kier molecular flexibility index (Phi) is 3.61. The molecule has 1 rings (SSSR count). The van der Waals surface area contributed by atoms with Crippen molar-refractivity contribution in [1.29, 1.82) is 0 Å². The normalized spacial score (nSPS) is 21.5. The molecule has 1 aliphatic rings. The predicted octanol–water partition coefficient (Wildman–Crippen LogP) is 1.70. The van der Waals surface area contributed by atoms with Crippen molar-refractivity contribution in [2.75, 3.05) is 13.1 Å². The van der Waals surface area contributed by atoms with E-state index in [1.807, 2.05) is 18.7 Å². The monoisotopic (exact) mass is 212 g/mol. The first-order chi connectivity index (χ1) is 7.08. The van der Waals surface area contributed by atoms with Crippen LogP contribution in [-0.4, -0.2) is 40.1 Å². The van der Waals surface area contributed by atoms with E-state index in [2.05, 4.69) is 18.7 Å². The largest absolute Gasteiger partial charge is 0.477 e. The van der Waals surface area contributed by atoms with Crippen LogP contribution in [0, 0.1) is 0 Å². The number of hydrogen-bond donors (Lipinski definition) is 1. The van der Waals surface area contributed by atoms with E-state index in [0.717, 1.165) is 25.2 Å². The summed E-state index contributed by atoms with van der Waals surface area (Å²) in [5, 5.41) is 9.22. The molecule has 0 saturated carbocycles. The van der Waals surface area contributed by atoms with Crippen LogP contribution in [0.1, 0.15) is 34.1 Å². The fourth-order valence-electron chi connectivity index (χ4n) is 2.38. The minimum Gasteiger partial charge on any atom is -0.477 e. The van der Waals surface area contributed by atoms with Gasteiger partial charge in [0.05, 0.1) is 6.17 Å². The first-order valence-corrected chi connectivity index (χ1v) is 5.58. The smallest absolute Gasteiger partial charge is 0.354 e. The lowest BCUT2D eigenvalue weighted by Gasteiger charge is -2.30. The topological polar surface area (TPSA) is 43.8 Å². The maximum absolute atomic E-state index is 11.2. The molecule has 0 aromatic rings. The van der Waals surface area contributed by atoms with Crippen LogP contribution in [0.4, 0.5) is 0 Å². The number of nitrogens with zero attached hydrogens (tertiary/aromatic N) is 2. The Balaban J connectivity index is 3.14. The molecule has 0 radical (unpaired) electrons. The Hall–Kier alpha value is -1.19. The molecule has 0 saturated heterocycles. The molecule has 1 N–H and O–H groups in total. The number of rotatable bonds is 4. The summed E-state index contributed by atoms with van der Waals surface area (Å²) in [4.78, 5) is 15.3. The van der Waals surface area contributed by atoms with E-state index < -0.39 is 5.97 Å².